The van der Waals surface area contributed by atoms with Gasteiger partial charge in [-0.1, -0.05) is 29.8 Å². The molecule has 21 heavy (non-hydrogen) atoms. The van der Waals surface area contributed by atoms with Crippen molar-refractivity contribution in [3.05, 3.63) is 53.6 Å². The molecule has 110 valence electrons. The summed E-state index contributed by atoms with van der Waals surface area (Å²) in [5.41, 5.74) is 0.634. The van der Waals surface area contributed by atoms with E-state index in [1.165, 1.54) is 0 Å². The summed E-state index contributed by atoms with van der Waals surface area (Å²) in [6.45, 7) is 2.33. The van der Waals surface area contributed by atoms with E-state index in [1.807, 2.05) is 19.1 Å². The fourth-order valence-electron chi connectivity index (χ4n) is 1.75. The van der Waals surface area contributed by atoms with Gasteiger partial charge in [-0.25, -0.2) is 0 Å². The second-order valence-electron chi connectivity index (χ2n) is 4.23. The number of para-hydroxylation sites is 2. The summed E-state index contributed by atoms with van der Waals surface area (Å²) >= 11 is 5.86. The molecule has 2 aromatic rings. The molecule has 2 aromatic carbocycles. The summed E-state index contributed by atoms with van der Waals surface area (Å²) in [5, 5.41) is 3.28. The summed E-state index contributed by atoms with van der Waals surface area (Å²) in [4.78, 5) is 11.8. The summed E-state index contributed by atoms with van der Waals surface area (Å²) < 4.78 is 10.9. The van der Waals surface area contributed by atoms with Gasteiger partial charge in [0.15, 0.2) is 18.1 Å². The number of benzene rings is 2. The fraction of sp³-hybridized carbons (Fsp3) is 0.188. The number of anilines is 1. The molecular formula is C16H16ClNO3. The minimum Gasteiger partial charge on any atom is -0.490 e. The Balaban J connectivity index is 1.92. The highest BCUT2D eigenvalue weighted by Gasteiger charge is 2.07. The largest absolute Gasteiger partial charge is 0.490 e. The number of rotatable bonds is 6. The average molecular weight is 306 g/mol. The van der Waals surface area contributed by atoms with Gasteiger partial charge in [0.25, 0.3) is 5.91 Å². The smallest absolute Gasteiger partial charge is 0.262 e. The van der Waals surface area contributed by atoms with Crippen molar-refractivity contribution in [3.8, 4) is 11.5 Å². The lowest BCUT2D eigenvalue weighted by atomic mass is 10.3. The molecule has 0 unspecified atom stereocenters. The minimum atomic E-state index is -0.261. The topological polar surface area (TPSA) is 47.6 Å². The SMILES string of the molecule is CCOc1ccccc1OCC(=O)Nc1cccc(Cl)c1. The van der Waals surface area contributed by atoms with Gasteiger partial charge in [0, 0.05) is 10.7 Å². The number of halogens is 1. The van der Waals surface area contributed by atoms with Crippen molar-refractivity contribution in [2.75, 3.05) is 18.5 Å². The third kappa shape index (κ3) is 4.68. The van der Waals surface area contributed by atoms with E-state index in [0.29, 0.717) is 28.8 Å². The van der Waals surface area contributed by atoms with Crippen LogP contribution in [0.1, 0.15) is 6.92 Å². The number of nitrogens with one attached hydrogen (secondary N) is 1. The first-order chi connectivity index (χ1) is 10.2. The van der Waals surface area contributed by atoms with Crippen molar-refractivity contribution in [1.29, 1.82) is 0 Å². The summed E-state index contributed by atoms with van der Waals surface area (Å²) in [6.07, 6.45) is 0. The lowest BCUT2D eigenvalue weighted by Gasteiger charge is -2.11. The number of carbonyl (C=O) groups is 1. The van der Waals surface area contributed by atoms with E-state index in [1.54, 1.807) is 36.4 Å². The van der Waals surface area contributed by atoms with Crippen molar-refractivity contribution in [1.82, 2.24) is 0 Å². The molecule has 0 aliphatic heterocycles. The first-order valence-corrected chi connectivity index (χ1v) is 6.97. The molecule has 2 rings (SSSR count). The molecule has 4 nitrogen and oxygen atoms in total. The average Bonchev–Trinajstić information content (AvgIpc) is 2.47. The van der Waals surface area contributed by atoms with Crippen LogP contribution in [-0.4, -0.2) is 19.1 Å². The van der Waals surface area contributed by atoms with E-state index in [0.717, 1.165) is 0 Å². The molecule has 0 aliphatic rings. The number of carbonyl (C=O) groups excluding carboxylic acids is 1. The van der Waals surface area contributed by atoms with E-state index in [4.69, 9.17) is 21.1 Å². The number of hydrogen-bond donors (Lipinski definition) is 1. The van der Waals surface area contributed by atoms with Gasteiger partial charge in [-0.2, -0.15) is 0 Å². The Kier molecular flexibility index (Phi) is 5.46. The second kappa shape index (κ2) is 7.55. The van der Waals surface area contributed by atoms with Crippen molar-refractivity contribution < 1.29 is 14.3 Å². The third-order valence-electron chi connectivity index (χ3n) is 2.62. The van der Waals surface area contributed by atoms with Gasteiger partial charge < -0.3 is 14.8 Å². The molecule has 0 fully saturated rings. The molecule has 0 bridgehead atoms. The van der Waals surface area contributed by atoms with E-state index in [-0.39, 0.29) is 12.5 Å². The van der Waals surface area contributed by atoms with Gasteiger partial charge >= 0.3 is 0 Å². The third-order valence-corrected chi connectivity index (χ3v) is 2.85. The maximum atomic E-state index is 11.8. The Hall–Kier alpha value is -2.20. The maximum Gasteiger partial charge on any atom is 0.262 e. The fourth-order valence-corrected chi connectivity index (χ4v) is 1.94. The summed E-state index contributed by atoms with van der Waals surface area (Å²) in [5.74, 6) is 0.903. The maximum absolute atomic E-state index is 11.8. The standard InChI is InChI=1S/C16H16ClNO3/c1-2-20-14-8-3-4-9-15(14)21-11-16(19)18-13-7-5-6-12(17)10-13/h3-10H,2,11H2,1H3,(H,18,19). The highest BCUT2D eigenvalue weighted by Crippen LogP contribution is 2.26. The van der Waals surface area contributed by atoms with Crippen LogP contribution in [0, 0.1) is 0 Å². The van der Waals surface area contributed by atoms with Crippen LogP contribution in [0.25, 0.3) is 0 Å². The predicted octanol–water partition coefficient (Wildman–Crippen LogP) is 3.76. The Morgan fingerprint density at radius 2 is 1.81 bits per heavy atom. The van der Waals surface area contributed by atoms with Crippen LogP contribution in [0.4, 0.5) is 5.69 Å². The highest BCUT2D eigenvalue weighted by atomic mass is 35.5. The molecule has 0 aliphatic carbocycles. The van der Waals surface area contributed by atoms with Gasteiger partial charge in [-0.05, 0) is 37.3 Å². The normalized spacial score (nSPS) is 10.0. The number of hydrogen-bond acceptors (Lipinski definition) is 3. The van der Waals surface area contributed by atoms with E-state index in [9.17, 15) is 4.79 Å². The molecule has 0 saturated heterocycles. The Labute approximate surface area is 128 Å². The molecule has 0 saturated carbocycles. The Morgan fingerprint density at radius 3 is 2.48 bits per heavy atom. The quantitative estimate of drug-likeness (QED) is 0.884. The molecule has 5 heteroatoms. The Morgan fingerprint density at radius 1 is 1.10 bits per heavy atom. The van der Waals surface area contributed by atoms with Crippen LogP contribution in [0.2, 0.25) is 5.02 Å². The van der Waals surface area contributed by atoms with Gasteiger partial charge in [0.05, 0.1) is 6.61 Å². The minimum absolute atomic E-state index is 0.101. The van der Waals surface area contributed by atoms with Gasteiger partial charge in [0.2, 0.25) is 0 Å². The molecule has 0 heterocycles. The van der Waals surface area contributed by atoms with E-state index in [2.05, 4.69) is 5.32 Å². The van der Waals surface area contributed by atoms with Crippen molar-refractivity contribution in [3.63, 3.8) is 0 Å². The van der Waals surface area contributed by atoms with Gasteiger partial charge in [-0.3, -0.25) is 4.79 Å². The van der Waals surface area contributed by atoms with Crippen LogP contribution in [-0.2, 0) is 4.79 Å². The molecule has 0 radical (unpaired) electrons. The van der Waals surface area contributed by atoms with Gasteiger partial charge in [-0.15, -0.1) is 0 Å². The lowest BCUT2D eigenvalue weighted by Crippen LogP contribution is -2.20. The lowest BCUT2D eigenvalue weighted by molar-refractivity contribution is -0.118. The number of ether oxygens (including phenoxy) is 2. The van der Waals surface area contributed by atoms with Crippen LogP contribution >= 0.6 is 11.6 Å². The molecule has 0 atom stereocenters. The molecule has 1 N–H and O–H groups in total. The van der Waals surface area contributed by atoms with E-state index >= 15 is 0 Å². The second-order valence-corrected chi connectivity index (χ2v) is 4.66. The summed E-state index contributed by atoms with van der Waals surface area (Å²) in [7, 11) is 0. The first-order valence-electron chi connectivity index (χ1n) is 6.59. The molecule has 0 spiro atoms. The van der Waals surface area contributed by atoms with Crippen LogP contribution in [0.3, 0.4) is 0 Å². The zero-order valence-electron chi connectivity index (χ0n) is 11.6. The Bertz CT molecular complexity index is 616. The monoisotopic (exact) mass is 305 g/mol. The van der Waals surface area contributed by atoms with Crippen LogP contribution in [0.5, 0.6) is 11.5 Å². The predicted molar refractivity (Wildman–Crippen MR) is 83.2 cm³/mol. The van der Waals surface area contributed by atoms with Crippen LogP contribution < -0.4 is 14.8 Å². The summed E-state index contributed by atoms with van der Waals surface area (Å²) in [6, 6.07) is 14.2. The van der Waals surface area contributed by atoms with E-state index < -0.39 is 0 Å². The molecule has 1 amide bonds. The highest BCUT2D eigenvalue weighted by molar-refractivity contribution is 6.30. The van der Waals surface area contributed by atoms with Gasteiger partial charge in [0.1, 0.15) is 0 Å². The van der Waals surface area contributed by atoms with Crippen molar-refractivity contribution in [2.45, 2.75) is 6.92 Å². The zero-order chi connectivity index (χ0) is 15.1. The first kappa shape index (κ1) is 15.2. The number of amides is 1. The van der Waals surface area contributed by atoms with Crippen molar-refractivity contribution >= 4 is 23.2 Å². The zero-order valence-corrected chi connectivity index (χ0v) is 12.4. The molecular weight excluding hydrogens is 290 g/mol. The molecule has 0 aromatic heterocycles. The van der Waals surface area contributed by atoms with Crippen LogP contribution in [0.15, 0.2) is 48.5 Å². The van der Waals surface area contributed by atoms with Crippen molar-refractivity contribution in [2.24, 2.45) is 0 Å².